The number of hydrogen-bond acceptors (Lipinski definition) is 9. The highest BCUT2D eigenvalue weighted by Crippen LogP contribution is 2.43. The third-order valence-electron chi connectivity index (χ3n) is 10.8. The molecule has 2 N–H and O–H groups in total. The SMILES string of the molecule is COC(=O)c1cc2c(cc1C(=O)OC)/C(=C/c1[nH]c(C=c3[nH]c(=CC4=NC(C)(C#N)C(C)(C)C4)c(C)c3C)c(C)c1C)N=C2C(=O)OCc1ccccc1. The van der Waals surface area contributed by atoms with Crippen molar-refractivity contribution in [3.8, 4) is 6.07 Å². The van der Waals surface area contributed by atoms with Gasteiger partial charge in [0.15, 0.2) is 5.71 Å². The summed E-state index contributed by atoms with van der Waals surface area (Å²) in [7, 11) is 2.43. The minimum atomic E-state index is -0.787. The number of nitrogens with one attached hydrogen (secondary N) is 2. The Balaban J connectivity index is 1.43. The zero-order chi connectivity index (χ0) is 39.1. The molecule has 4 aromatic rings. The van der Waals surface area contributed by atoms with Crippen LogP contribution in [0.25, 0.3) is 23.9 Å². The van der Waals surface area contributed by atoms with Gasteiger partial charge in [-0.3, -0.25) is 4.99 Å². The number of H-pyrrole nitrogens is 2. The molecule has 0 aliphatic carbocycles. The van der Waals surface area contributed by atoms with Gasteiger partial charge in [-0.25, -0.2) is 19.4 Å². The van der Waals surface area contributed by atoms with Gasteiger partial charge in [0.1, 0.15) is 12.1 Å². The number of rotatable bonds is 8. The van der Waals surface area contributed by atoms with E-state index in [-0.39, 0.29) is 28.9 Å². The number of benzene rings is 2. The van der Waals surface area contributed by atoms with Gasteiger partial charge in [0.05, 0.1) is 37.1 Å². The fourth-order valence-electron chi connectivity index (χ4n) is 6.72. The number of aliphatic imine (C=N–C) groups is 2. The van der Waals surface area contributed by atoms with Crippen molar-refractivity contribution in [1.82, 2.24) is 9.97 Å². The van der Waals surface area contributed by atoms with E-state index in [9.17, 15) is 19.6 Å². The van der Waals surface area contributed by atoms with Gasteiger partial charge in [-0.2, -0.15) is 5.26 Å². The number of aromatic amines is 2. The quantitative estimate of drug-likeness (QED) is 0.168. The Bertz CT molecular complexity index is 2490. The van der Waals surface area contributed by atoms with Gasteiger partial charge in [0.2, 0.25) is 0 Å². The molecule has 2 aliphatic heterocycles. The molecule has 0 amide bonds. The van der Waals surface area contributed by atoms with Crippen LogP contribution in [-0.2, 0) is 25.6 Å². The number of methoxy groups -OCH3 is 2. The molecular formula is C43H43N5O6. The molecule has 276 valence electrons. The maximum absolute atomic E-state index is 13.6. The molecule has 11 nitrogen and oxygen atoms in total. The standard InChI is InChI=1S/C43H43N5O6/c1-23-24(2)34(45-33(23)15-28-20-42(5,6)43(7,22-44)48-28)18-35-25(3)26(4)36(46-35)19-37-29-16-31(39(49)52-8)32(40(50)53-9)17-30(29)38(47-37)41(51)54-21-27-13-11-10-12-14-27/h10-19,45-46H,20-21H2,1-9H3/b33-15?,34-18?,37-19-. The molecule has 1 atom stereocenters. The number of nitrogens with zero attached hydrogens (tertiary/aromatic N) is 3. The number of esters is 3. The summed E-state index contributed by atoms with van der Waals surface area (Å²) >= 11 is 0. The molecule has 2 aromatic carbocycles. The molecule has 0 spiro atoms. The largest absolute Gasteiger partial charge is 0.465 e. The molecule has 4 heterocycles. The van der Waals surface area contributed by atoms with E-state index in [1.165, 1.54) is 26.4 Å². The van der Waals surface area contributed by atoms with Gasteiger partial charge in [-0.15, -0.1) is 0 Å². The lowest BCUT2D eigenvalue weighted by atomic mass is 9.74. The Morgan fingerprint density at radius 3 is 1.94 bits per heavy atom. The number of carbonyl (C=O) groups excluding carboxylic acids is 3. The Labute approximate surface area is 313 Å². The second-order valence-electron chi connectivity index (χ2n) is 14.5. The smallest absolute Gasteiger partial charge is 0.357 e. The van der Waals surface area contributed by atoms with E-state index in [4.69, 9.17) is 24.2 Å². The van der Waals surface area contributed by atoms with Crippen molar-refractivity contribution in [2.45, 2.75) is 67.0 Å². The molecule has 2 aliphatic rings. The van der Waals surface area contributed by atoms with Gasteiger partial charge < -0.3 is 24.2 Å². The third-order valence-corrected chi connectivity index (χ3v) is 10.8. The van der Waals surface area contributed by atoms with E-state index in [0.29, 0.717) is 23.2 Å². The highest BCUT2D eigenvalue weighted by molar-refractivity contribution is 6.47. The van der Waals surface area contributed by atoms with Crippen LogP contribution in [-0.4, -0.2) is 59.1 Å². The first-order valence-electron chi connectivity index (χ1n) is 17.6. The average molecular weight is 726 g/mol. The van der Waals surface area contributed by atoms with Crippen molar-refractivity contribution in [3.05, 3.63) is 115 Å². The minimum Gasteiger partial charge on any atom is -0.465 e. The lowest BCUT2D eigenvalue weighted by molar-refractivity contribution is -0.136. The maximum Gasteiger partial charge on any atom is 0.357 e. The molecule has 0 bridgehead atoms. The molecule has 6 rings (SSSR count). The normalized spacial score (nSPS) is 18.6. The van der Waals surface area contributed by atoms with Gasteiger partial charge in [0.25, 0.3) is 0 Å². The van der Waals surface area contributed by atoms with Crippen molar-refractivity contribution in [2.75, 3.05) is 14.2 Å². The summed E-state index contributed by atoms with van der Waals surface area (Å²) in [5.41, 5.74) is 7.44. The van der Waals surface area contributed by atoms with E-state index in [0.717, 1.165) is 55.6 Å². The van der Waals surface area contributed by atoms with Crippen LogP contribution >= 0.6 is 0 Å². The summed E-state index contributed by atoms with van der Waals surface area (Å²) in [6, 6.07) is 14.6. The van der Waals surface area contributed by atoms with Crippen LogP contribution in [0.4, 0.5) is 0 Å². The number of hydrogen-bond donors (Lipinski definition) is 2. The molecule has 0 saturated carbocycles. The zero-order valence-electron chi connectivity index (χ0n) is 32.0. The van der Waals surface area contributed by atoms with Crippen LogP contribution in [0.15, 0.2) is 52.4 Å². The molecule has 0 fully saturated rings. The monoisotopic (exact) mass is 725 g/mol. The van der Waals surface area contributed by atoms with E-state index < -0.39 is 23.4 Å². The van der Waals surface area contributed by atoms with Crippen molar-refractivity contribution in [3.63, 3.8) is 0 Å². The number of ether oxygens (including phenoxy) is 3. The fourth-order valence-corrected chi connectivity index (χ4v) is 6.72. The lowest BCUT2D eigenvalue weighted by Gasteiger charge is -2.29. The van der Waals surface area contributed by atoms with E-state index in [2.05, 4.69) is 49.8 Å². The van der Waals surface area contributed by atoms with Gasteiger partial charge in [-0.05, 0) is 99.2 Å². The summed E-state index contributed by atoms with van der Waals surface area (Å²) in [5, 5.41) is 11.7. The van der Waals surface area contributed by atoms with E-state index in [1.807, 2.05) is 63.3 Å². The average Bonchev–Trinajstić information content (AvgIpc) is 3.81. The van der Waals surface area contributed by atoms with Crippen LogP contribution in [0.2, 0.25) is 0 Å². The second-order valence-corrected chi connectivity index (χ2v) is 14.5. The summed E-state index contributed by atoms with van der Waals surface area (Å²) in [6.45, 7) is 14.2. The first-order valence-corrected chi connectivity index (χ1v) is 17.6. The Morgan fingerprint density at radius 1 is 0.796 bits per heavy atom. The molecule has 0 radical (unpaired) electrons. The van der Waals surface area contributed by atoms with Crippen LogP contribution in [0.3, 0.4) is 0 Å². The molecule has 0 saturated heterocycles. The fraction of sp³-hybridized carbons (Fsp3) is 0.302. The first-order chi connectivity index (χ1) is 25.6. The summed E-state index contributed by atoms with van der Waals surface area (Å²) in [6.07, 6.45) is 6.61. The number of carbonyl (C=O) groups is 3. The zero-order valence-corrected chi connectivity index (χ0v) is 32.0. The molecule has 54 heavy (non-hydrogen) atoms. The molecule has 2 aromatic heterocycles. The first kappa shape index (κ1) is 37.5. The highest BCUT2D eigenvalue weighted by atomic mass is 16.5. The van der Waals surface area contributed by atoms with E-state index in [1.54, 1.807) is 0 Å². The number of aromatic nitrogens is 2. The summed E-state index contributed by atoms with van der Waals surface area (Å²) in [5.74, 6) is -2.19. The Kier molecular flexibility index (Phi) is 9.91. The van der Waals surface area contributed by atoms with Crippen molar-refractivity contribution < 1.29 is 28.6 Å². The van der Waals surface area contributed by atoms with Crippen LogP contribution in [0.5, 0.6) is 0 Å². The van der Waals surface area contributed by atoms with Crippen molar-refractivity contribution >= 4 is 53.3 Å². The topological polar surface area (TPSA) is 159 Å². The van der Waals surface area contributed by atoms with Crippen LogP contribution in [0, 0.1) is 44.4 Å². The summed E-state index contributed by atoms with van der Waals surface area (Å²) < 4.78 is 15.6. The molecule has 1 unspecified atom stereocenters. The van der Waals surface area contributed by atoms with Gasteiger partial charge in [-0.1, -0.05) is 44.2 Å². The molecule has 11 heteroatoms. The van der Waals surface area contributed by atoms with Crippen molar-refractivity contribution in [2.24, 2.45) is 15.4 Å². The molecular weight excluding hydrogens is 683 g/mol. The Morgan fingerprint density at radius 2 is 1.37 bits per heavy atom. The van der Waals surface area contributed by atoms with Gasteiger partial charge >= 0.3 is 17.9 Å². The predicted octanol–water partition coefficient (Wildman–Crippen LogP) is 5.96. The second kappa shape index (κ2) is 14.3. The predicted molar refractivity (Wildman–Crippen MR) is 207 cm³/mol. The minimum absolute atomic E-state index is 0.00642. The maximum atomic E-state index is 13.6. The summed E-state index contributed by atoms with van der Waals surface area (Å²) in [4.78, 5) is 55.8. The van der Waals surface area contributed by atoms with Gasteiger partial charge in [0, 0.05) is 44.3 Å². The van der Waals surface area contributed by atoms with Crippen LogP contribution < -0.4 is 10.7 Å². The lowest BCUT2D eigenvalue weighted by Crippen LogP contribution is -2.34. The van der Waals surface area contributed by atoms with E-state index >= 15 is 0 Å². The van der Waals surface area contributed by atoms with Crippen LogP contribution in [0.1, 0.15) is 98.2 Å². The number of fused-ring (bicyclic) bond motifs is 1. The highest BCUT2D eigenvalue weighted by Gasteiger charge is 2.46. The third kappa shape index (κ3) is 6.71. The van der Waals surface area contributed by atoms with Crippen molar-refractivity contribution in [1.29, 1.82) is 5.26 Å². The Hall–Kier alpha value is -6.28. The number of nitriles is 1.